The summed E-state index contributed by atoms with van der Waals surface area (Å²) in [6, 6.07) is 24.0. The minimum Gasteiger partial charge on any atom is -0.380 e. The zero-order valence-electron chi connectivity index (χ0n) is 40.2. The number of imide groups is 1. The molecule has 6 heterocycles. The number of aryl methyl sites for hydroxylation is 2. The fourth-order valence-corrected chi connectivity index (χ4v) is 11.3. The van der Waals surface area contributed by atoms with Gasteiger partial charge in [0.25, 0.3) is 5.91 Å². The van der Waals surface area contributed by atoms with E-state index in [4.69, 9.17) is 0 Å². The zero-order valence-corrected chi connectivity index (χ0v) is 40.2. The molecule has 0 spiro atoms. The van der Waals surface area contributed by atoms with Crippen molar-refractivity contribution in [3.05, 3.63) is 106 Å². The van der Waals surface area contributed by atoms with E-state index in [-0.39, 0.29) is 41.8 Å². The molecule has 5 aliphatic heterocycles. The molecule has 0 bridgehead atoms. The predicted octanol–water partition coefficient (Wildman–Crippen LogP) is 5.87. The molecule has 0 aliphatic carbocycles. The molecule has 4 N–H and O–H groups in total. The SMILES string of the molecule is Cc1ccc(NC2CNC2)cc1C(=O)NC(C)c1ccc(C#CC2CCN(CC3CCN(C(=O)C4CCN(c5ccc6c(c5)n(C)c(=O)n6C5CCC(=O)NC5=O)CC4)CC3)CC2)c2ccccc12. The Morgan fingerprint density at radius 3 is 2.29 bits per heavy atom. The fourth-order valence-electron chi connectivity index (χ4n) is 11.3. The van der Waals surface area contributed by atoms with Gasteiger partial charge in [-0.1, -0.05) is 48.2 Å². The summed E-state index contributed by atoms with van der Waals surface area (Å²) in [4.78, 5) is 72.0. The number of likely N-dealkylation sites (tertiary alicyclic amines) is 2. The number of nitrogens with zero attached hydrogens (tertiary/aromatic N) is 5. The van der Waals surface area contributed by atoms with Crippen molar-refractivity contribution < 1.29 is 19.2 Å². The fraction of sp³-hybridized carbons (Fsp3) is 0.473. The summed E-state index contributed by atoms with van der Waals surface area (Å²) in [5.74, 6) is 7.62. The lowest BCUT2D eigenvalue weighted by atomic mass is 9.90. The predicted molar refractivity (Wildman–Crippen MR) is 270 cm³/mol. The second kappa shape index (κ2) is 19.9. The number of benzene rings is 4. The lowest BCUT2D eigenvalue weighted by Crippen LogP contribution is -2.51. The van der Waals surface area contributed by atoms with Gasteiger partial charge in [0.2, 0.25) is 17.7 Å². The first-order valence-electron chi connectivity index (χ1n) is 25.2. The maximum Gasteiger partial charge on any atom is 0.329 e. The number of fused-ring (bicyclic) bond motifs is 2. The summed E-state index contributed by atoms with van der Waals surface area (Å²) in [6.07, 6.45) is 6.27. The minimum absolute atomic E-state index is 0.0161. The van der Waals surface area contributed by atoms with Crippen LogP contribution in [0.3, 0.4) is 0 Å². The lowest BCUT2D eigenvalue weighted by Gasteiger charge is -2.39. The maximum absolute atomic E-state index is 13.8. The lowest BCUT2D eigenvalue weighted by molar-refractivity contribution is -0.138. The molecule has 4 aromatic carbocycles. The molecule has 69 heavy (non-hydrogen) atoms. The van der Waals surface area contributed by atoms with Crippen LogP contribution in [0.1, 0.15) is 97.4 Å². The number of imidazole rings is 1. The summed E-state index contributed by atoms with van der Waals surface area (Å²) in [6.45, 7) is 12.2. The molecule has 4 amide bonds. The Balaban J connectivity index is 0.676. The monoisotopic (exact) mass is 932 g/mol. The van der Waals surface area contributed by atoms with Gasteiger partial charge in [0.15, 0.2) is 0 Å². The molecular formula is C55H65N9O5. The molecule has 5 fully saturated rings. The Morgan fingerprint density at radius 2 is 1.57 bits per heavy atom. The van der Waals surface area contributed by atoms with E-state index >= 15 is 0 Å². The second-order valence-corrected chi connectivity index (χ2v) is 20.2. The topological polar surface area (TPSA) is 153 Å². The van der Waals surface area contributed by atoms with Gasteiger partial charge in [0.05, 0.1) is 23.1 Å². The number of rotatable bonds is 10. The van der Waals surface area contributed by atoms with Crippen molar-refractivity contribution in [3.63, 3.8) is 0 Å². The standard InChI is InChI=1S/C55H65N9O5/c1-35-8-12-41(58-42-32-56-33-42)30-47(35)52(66)57-36(2)44-14-11-39(45-6-4-5-7-46(44)45)10-9-37-18-24-61(25-19-37)34-38-20-26-63(27-21-38)54(68)40-22-28-62(29-23-40)43-13-15-48-50(31-43)60(3)55(69)64(48)49-16-17-51(65)59-53(49)67/h4-8,11-15,30-31,36-38,40,42,49,56,58H,16-29,32-34H2,1-3H3,(H,57,66)(H,59,65,67). The Morgan fingerprint density at radius 1 is 0.812 bits per heavy atom. The maximum atomic E-state index is 13.8. The molecule has 1 aromatic heterocycles. The number of hydrogen-bond acceptors (Lipinski definition) is 9. The van der Waals surface area contributed by atoms with Gasteiger partial charge in [-0.05, 0) is 136 Å². The van der Waals surface area contributed by atoms with E-state index in [0.29, 0.717) is 35.4 Å². The molecule has 14 nitrogen and oxygen atoms in total. The molecule has 10 rings (SSSR count). The number of hydrogen-bond donors (Lipinski definition) is 4. The summed E-state index contributed by atoms with van der Waals surface area (Å²) in [7, 11) is 1.72. The number of anilines is 2. The number of aromatic nitrogens is 2. The molecule has 5 saturated heterocycles. The summed E-state index contributed by atoms with van der Waals surface area (Å²) >= 11 is 0. The quantitative estimate of drug-likeness (QED) is 0.0996. The van der Waals surface area contributed by atoms with Crippen molar-refractivity contribution in [2.75, 3.05) is 69.1 Å². The van der Waals surface area contributed by atoms with Crippen molar-refractivity contribution >= 4 is 56.8 Å². The molecule has 2 unspecified atom stereocenters. The third-order valence-corrected chi connectivity index (χ3v) is 15.7. The third-order valence-electron chi connectivity index (χ3n) is 15.7. The minimum atomic E-state index is -0.712. The number of piperidine rings is 4. The van der Waals surface area contributed by atoms with Gasteiger partial charge in [0, 0.05) is 93.6 Å². The van der Waals surface area contributed by atoms with Gasteiger partial charge >= 0.3 is 5.69 Å². The highest BCUT2D eigenvalue weighted by atomic mass is 16.2. The van der Waals surface area contributed by atoms with Crippen LogP contribution in [0, 0.1) is 36.5 Å². The van der Waals surface area contributed by atoms with Crippen molar-refractivity contribution in [3.8, 4) is 11.8 Å². The number of carbonyl (C=O) groups is 4. The smallest absolute Gasteiger partial charge is 0.329 e. The van der Waals surface area contributed by atoms with Crippen molar-refractivity contribution in [1.29, 1.82) is 0 Å². The molecule has 360 valence electrons. The Bertz CT molecular complexity index is 2900. The first-order chi connectivity index (χ1) is 33.5. The molecule has 5 aliphatic rings. The normalized spacial score (nSPS) is 20.6. The van der Waals surface area contributed by atoms with E-state index in [1.165, 1.54) is 4.57 Å². The van der Waals surface area contributed by atoms with Crippen molar-refractivity contribution in [1.82, 2.24) is 34.9 Å². The van der Waals surface area contributed by atoms with E-state index in [0.717, 1.165) is 142 Å². The summed E-state index contributed by atoms with van der Waals surface area (Å²) in [5.41, 5.74) is 6.85. The van der Waals surface area contributed by atoms with Crippen LogP contribution in [0.4, 0.5) is 11.4 Å². The first-order valence-corrected chi connectivity index (χ1v) is 25.2. The Kier molecular flexibility index (Phi) is 13.3. The summed E-state index contributed by atoms with van der Waals surface area (Å²) in [5, 5.41) is 14.7. The summed E-state index contributed by atoms with van der Waals surface area (Å²) < 4.78 is 3.09. The highest BCUT2D eigenvalue weighted by Gasteiger charge is 2.34. The molecule has 5 aromatic rings. The van der Waals surface area contributed by atoms with E-state index in [1.54, 1.807) is 11.6 Å². The van der Waals surface area contributed by atoms with Gasteiger partial charge in [-0.3, -0.25) is 33.6 Å². The van der Waals surface area contributed by atoms with Crippen LogP contribution >= 0.6 is 0 Å². The van der Waals surface area contributed by atoms with Crippen LogP contribution in [-0.4, -0.2) is 108 Å². The van der Waals surface area contributed by atoms with Gasteiger partial charge in [-0.2, -0.15) is 0 Å². The van der Waals surface area contributed by atoms with Gasteiger partial charge < -0.3 is 30.7 Å². The van der Waals surface area contributed by atoms with Crippen LogP contribution in [0.25, 0.3) is 21.8 Å². The van der Waals surface area contributed by atoms with Crippen molar-refractivity contribution in [2.45, 2.75) is 83.3 Å². The third kappa shape index (κ3) is 9.77. The van der Waals surface area contributed by atoms with Crippen LogP contribution in [-0.2, 0) is 21.4 Å². The second-order valence-electron chi connectivity index (χ2n) is 20.2. The Labute approximate surface area is 404 Å². The van der Waals surface area contributed by atoms with E-state index in [2.05, 4.69) is 91.1 Å². The van der Waals surface area contributed by atoms with E-state index in [9.17, 15) is 24.0 Å². The van der Waals surface area contributed by atoms with E-state index < -0.39 is 11.9 Å². The molecule has 14 heteroatoms. The first kappa shape index (κ1) is 46.3. The van der Waals surface area contributed by atoms with Crippen molar-refractivity contribution in [2.24, 2.45) is 24.8 Å². The van der Waals surface area contributed by atoms with Gasteiger partial charge in [-0.15, -0.1) is 0 Å². The van der Waals surface area contributed by atoms with E-state index in [1.807, 2.05) is 43.3 Å². The van der Waals surface area contributed by atoms with Gasteiger partial charge in [0.1, 0.15) is 6.04 Å². The molecule has 0 saturated carbocycles. The molecule has 0 radical (unpaired) electrons. The van der Waals surface area contributed by atoms with Crippen LogP contribution in [0.2, 0.25) is 0 Å². The number of amides is 4. The largest absolute Gasteiger partial charge is 0.380 e. The number of carbonyl (C=O) groups excluding carboxylic acids is 4. The average Bonchev–Trinajstić information content (AvgIpc) is 3.60. The zero-order chi connectivity index (χ0) is 47.8. The van der Waals surface area contributed by atoms with Crippen LogP contribution in [0.15, 0.2) is 77.6 Å². The van der Waals surface area contributed by atoms with Crippen LogP contribution < -0.4 is 31.9 Å². The highest BCUT2D eigenvalue weighted by molar-refractivity contribution is 6.00. The Hall–Kier alpha value is -6.43. The van der Waals surface area contributed by atoms with Gasteiger partial charge in [-0.25, -0.2) is 4.79 Å². The number of nitrogens with one attached hydrogen (secondary N) is 4. The average molecular weight is 932 g/mol. The van der Waals surface area contributed by atoms with Crippen LogP contribution in [0.5, 0.6) is 0 Å². The molecule has 2 atom stereocenters. The highest BCUT2D eigenvalue weighted by Crippen LogP contribution is 2.32. The molecular weight excluding hydrogens is 867 g/mol.